The zero-order valence-corrected chi connectivity index (χ0v) is 8.43. The van der Waals surface area contributed by atoms with Crippen LogP contribution < -0.4 is 0 Å². The molecule has 7 nitrogen and oxygen atoms in total. The van der Waals surface area contributed by atoms with Crippen molar-refractivity contribution in [1.82, 2.24) is 9.80 Å². The third kappa shape index (κ3) is 2.07. The molecule has 0 aromatic carbocycles. The summed E-state index contributed by atoms with van der Waals surface area (Å²) < 4.78 is 0. The maximum absolute atomic E-state index is 11.3. The van der Waals surface area contributed by atoms with E-state index in [0.29, 0.717) is 0 Å². The monoisotopic (exact) mass is 216 g/mol. The molecule has 3 amide bonds. The van der Waals surface area contributed by atoms with E-state index in [0.717, 1.165) is 16.7 Å². The number of rotatable bonds is 3. The van der Waals surface area contributed by atoms with E-state index >= 15 is 0 Å². The fraction of sp³-hybridized carbons (Fsp3) is 0.625. The van der Waals surface area contributed by atoms with Gasteiger partial charge in [0, 0.05) is 7.05 Å². The van der Waals surface area contributed by atoms with E-state index in [4.69, 9.17) is 5.11 Å². The molecule has 1 aliphatic rings. The fourth-order valence-corrected chi connectivity index (χ4v) is 1.20. The molecule has 1 unspecified atom stereocenters. The van der Waals surface area contributed by atoms with Crippen LogP contribution in [-0.4, -0.2) is 63.7 Å². The molecule has 1 aliphatic heterocycles. The number of carbonyl (C=O) groups excluding carboxylic acids is 2. The lowest BCUT2D eigenvalue weighted by Crippen LogP contribution is -2.49. The molecule has 1 saturated heterocycles. The van der Waals surface area contributed by atoms with Gasteiger partial charge in [-0.15, -0.1) is 0 Å². The van der Waals surface area contributed by atoms with Crippen LogP contribution in [0.25, 0.3) is 0 Å². The molecular formula is C8H12N2O5. The first-order valence-corrected chi connectivity index (χ1v) is 4.27. The van der Waals surface area contributed by atoms with Crippen LogP contribution in [0.2, 0.25) is 0 Å². The van der Waals surface area contributed by atoms with Gasteiger partial charge in [0.1, 0.15) is 6.54 Å². The molecule has 0 bridgehead atoms. The highest BCUT2D eigenvalue weighted by Crippen LogP contribution is 2.13. The average Bonchev–Trinajstić information content (AvgIpc) is 2.32. The summed E-state index contributed by atoms with van der Waals surface area (Å²) in [5, 5.41) is 18.0. The molecule has 15 heavy (non-hydrogen) atoms. The average molecular weight is 216 g/mol. The molecule has 1 atom stereocenters. The Labute approximate surface area is 85.9 Å². The molecule has 84 valence electrons. The molecule has 7 heteroatoms. The minimum atomic E-state index is -2.11. The lowest BCUT2D eigenvalue weighted by molar-refractivity contribution is -0.158. The van der Waals surface area contributed by atoms with Gasteiger partial charge in [0.15, 0.2) is 5.60 Å². The molecule has 0 aromatic rings. The van der Waals surface area contributed by atoms with Crippen LogP contribution in [0.5, 0.6) is 0 Å². The van der Waals surface area contributed by atoms with Crippen molar-refractivity contribution in [3.05, 3.63) is 0 Å². The normalized spacial score (nSPS) is 20.7. The maximum Gasteiger partial charge on any atom is 0.337 e. The SMILES string of the molecule is CN1CC(=O)N(CC(C)(O)C(=O)O)C1=O. The van der Waals surface area contributed by atoms with Crippen molar-refractivity contribution < 1.29 is 24.6 Å². The van der Waals surface area contributed by atoms with Crippen molar-refractivity contribution in [3.63, 3.8) is 0 Å². The number of aliphatic carboxylic acids is 1. The van der Waals surface area contributed by atoms with Gasteiger partial charge in [-0.05, 0) is 6.92 Å². The second-order valence-electron chi connectivity index (χ2n) is 3.70. The molecule has 0 aliphatic carbocycles. The number of hydrogen-bond acceptors (Lipinski definition) is 4. The summed E-state index contributed by atoms with van der Waals surface area (Å²) in [6.45, 7) is 0.410. The predicted octanol–water partition coefficient (Wildman–Crippen LogP) is -1.28. The topological polar surface area (TPSA) is 98.2 Å². The van der Waals surface area contributed by atoms with Crippen molar-refractivity contribution in [2.45, 2.75) is 12.5 Å². The molecule has 1 fully saturated rings. The van der Waals surface area contributed by atoms with Crippen LogP contribution >= 0.6 is 0 Å². The summed E-state index contributed by atoms with van der Waals surface area (Å²) in [6, 6.07) is -0.596. The van der Waals surface area contributed by atoms with Gasteiger partial charge in [0.05, 0.1) is 6.54 Å². The summed E-state index contributed by atoms with van der Waals surface area (Å²) in [5.41, 5.74) is -2.11. The largest absolute Gasteiger partial charge is 0.479 e. The van der Waals surface area contributed by atoms with Crippen LogP contribution in [-0.2, 0) is 9.59 Å². The Morgan fingerprint density at radius 3 is 2.40 bits per heavy atom. The van der Waals surface area contributed by atoms with Gasteiger partial charge in [-0.25, -0.2) is 9.59 Å². The number of nitrogens with zero attached hydrogens (tertiary/aromatic N) is 2. The molecule has 0 aromatic heterocycles. The van der Waals surface area contributed by atoms with Crippen LogP contribution in [0.1, 0.15) is 6.92 Å². The summed E-state index contributed by atoms with van der Waals surface area (Å²) in [7, 11) is 1.43. The van der Waals surface area contributed by atoms with E-state index in [1.807, 2.05) is 0 Å². The second-order valence-corrected chi connectivity index (χ2v) is 3.70. The molecule has 0 radical (unpaired) electrons. The number of β-amino-alcohol motifs (C(OH)–C–C–N with tert-alkyl or cyclic N) is 1. The highest BCUT2D eigenvalue weighted by Gasteiger charge is 2.41. The van der Waals surface area contributed by atoms with Gasteiger partial charge in [-0.1, -0.05) is 0 Å². The van der Waals surface area contributed by atoms with Crippen molar-refractivity contribution in [2.75, 3.05) is 20.1 Å². The first-order chi connectivity index (χ1) is 6.75. The standard InChI is InChI=1S/C8H12N2O5/c1-8(15,6(12)13)4-10-5(11)3-9(2)7(10)14/h15H,3-4H2,1-2H3,(H,12,13). The smallest absolute Gasteiger partial charge is 0.337 e. The van der Waals surface area contributed by atoms with Gasteiger partial charge in [-0.3, -0.25) is 9.69 Å². The number of likely N-dealkylation sites (N-methyl/N-ethyl adjacent to an activating group) is 1. The summed E-state index contributed by atoms with van der Waals surface area (Å²) >= 11 is 0. The van der Waals surface area contributed by atoms with Crippen LogP contribution in [0, 0.1) is 0 Å². The third-order valence-corrected chi connectivity index (χ3v) is 2.16. The lowest BCUT2D eigenvalue weighted by atomic mass is 10.1. The first kappa shape index (κ1) is 11.4. The minimum absolute atomic E-state index is 0.0888. The van der Waals surface area contributed by atoms with Gasteiger partial charge in [0.2, 0.25) is 5.91 Å². The number of hydrogen-bond donors (Lipinski definition) is 2. The zero-order chi connectivity index (χ0) is 11.8. The van der Waals surface area contributed by atoms with Crippen LogP contribution in [0.3, 0.4) is 0 Å². The number of carbonyl (C=O) groups is 3. The van der Waals surface area contributed by atoms with E-state index in [-0.39, 0.29) is 6.54 Å². The molecule has 2 N–H and O–H groups in total. The molecule has 0 saturated carbocycles. The van der Waals surface area contributed by atoms with E-state index in [1.54, 1.807) is 0 Å². The Kier molecular flexibility index (Phi) is 2.67. The number of carboxylic acid groups (broad SMARTS) is 1. The lowest BCUT2D eigenvalue weighted by Gasteiger charge is -2.23. The number of urea groups is 1. The Hall–Kier alpha value is -1.63. The summed E-state index contributed by atoms with van der Waals surface area (Å²) in [4.78, 5) is 35.1. The van der Waals surface area contributed by atoms with Crippen molar-refractivity contribution in [1.29, 1.82) is 0 Å². The van der Waals surface area contributed by atoms with Gasteiger partial charge in [0.25, 0.3) is 0 Å². The first-order valence-electron chi connectivity index (χ1n) is 4.27. The van der Waals surface area contributed by atoms with Crippen LogP contribution in [0.4, 0.5) is 4.79 Å². The molecule has 1 heterocycles. The summed E-state index contributed by atoms with van der Waals surface area (Å²) in [6.07, 6.45) is 0. The minimum Gasteiger partial charge on any atom is -0.479 e. The van der Waals surface area contributed by atoms with Gasteiger partial charge < -0.3 is 15.1 Å². The molecule has 0 spiro atoms. The predicted molar refractivity (Wildman–Crippen MR) is 48.0 cm³/mol. The highest BCUT2D eigenvalue weighted by atomic mass is 16.4. The highest BCUT2D eigenvalue weighted by molar-refractivity contribution is 6.02. The molecule has 1 rings (SSSR count). The summed E-state index contributed by atoms with van der Waals surface area (Å²) in [5.74, 6) is -1.98. The Morgan fingerprint density at radius 2 is 2.07 bits per heavy atom. The quantitative estimate of drug-likeness (QED) is 0.572. The fourth-order valence-electron chi connectivity index (χ4n) is 1.20. The zero-order valence-electron chi connectivity index (χ0n) is 8.43. The van der Waals surface area contributed by atoms with Crippen molar-refractivity contribution in [3.8, 4) is 0 Å². The van der Waals surface area contributed by atoms with E-state index in [2.05, 4.69) is 0 Å². The van der Waals surface area contributed by atoms with Crippen LogP contribution in [0.15, 0.2) is 0 Å². The third-order valence-electron chi connectivity index (χ3n) is 2.16. The Balaban J connectivity index is 2.79. The van der Waals surface area contributed by atoms with Crippen molar-refractivity contribution >= 4 is 17.9 Å². The van der Waals surface area contributed by atoms with E-state index in [1.165, 1.54) is 7.05 Å². The number of carboxylic acids is 1. The Morgan fingerprint density at radius 1 is 1.53 bits per heavy atom. The van der Waals surface area contributed by atoms with Gasteiger partial charge >= 0.3 is 12.0 Å². The molecular weight excluding hydrogens is 204 g/mol. The Bertz CT molecular complexity index is 325. The van der Waals surface area contributed by atoms with Gasteiger partial charge in [-0.2, -0.15) is 0 Å². The number of imide groups is 1. The number of amides is 3. The van der Waals surface area contributed by atoms with Crippen molar-refractivity contribution in [2.24, 2.45) is 0 Å². The number of aliphatic hydroxyl groups is 1. The van der Waals surface area contributed by atoms with E-state index in [9.17, 15) is 19.5 Å². The second kappa shape index (κ2) is 3.50. The maximum atomic E-state index is 11.3. The van der Waals surface area contributed by atoms with E-state index < -0.39 is 30.1 Å².